The van der Waals surface area contributed by atoms with Crippen molar-refractivity contribution < 1.29 is 4.79 Å². The molecule has 3 aromatic rings. The van der Waals surface area contributed by atoms with E-state index in [4.69, 9.17) is 0 Å². The van der Waals surface area contributed by atoms with Crippen molar-refractivity contribution in [2.75, 3.05) is 23.3 Å². The highest BCUT2D eigenvalue weighted by Gasteiger charge is 2.28. The number of carbonyl (C=O) groups excluding carboxylic acids is 1. The lowest BCUT2D eigenvalue weighted by molar-refractivity contribution is -0.120. The molecule has 0 aliphatic carbocycles. The Morgan fingerprint density at radius 1 is 1.25 bits per heavy atom. The van der Waals surface area contributed by atoms with Crippen molar-refractivity contribution in [2.45, 2.75) is 19.3 Å². The van der Waals surface area contributed by atoms with Crippen LogP contribution in [0.25, 0.3) is 10.9 Å². The van der Waals surface area contributed by atoms with Crippen LogP contribution >= 0.6 is 11.3 Å². The number of amides is 1. The van der Waals surface area contributed by atoms with Crippen molar-refractivity contribution in [1.29, 1.82) is 5.26 Å². The van der Waals surface area contributed by atoms with Crippen molar-refractivity contribution in [3.63, 3.8) is 0 Å². The molecule has 142 valence electrons. The Morgan fingerprint density at radius 3 is 2.75 bits per heavy atom. The van der Waals surface area contributed by atoms with Crippen LogP contribution in [0.3, 0.4) is 0 Å². The van der Waals surface area contributed by atoms with E-state index in [1.54, 1.807) is 0 Å². The van der Waals surface area contributed by atoms with E-state index in [0.29, 0.717) is 31.5 Å². The Labute approximate surface area is 166 Å². The van der Waals surface area contributed by atoms with E-state index in [2.05, 4.69) is 21.3 Å². The first-order chi connectivity index (χ1) is 13.7. The summed E-state index contributed by atoms with van der Waals surface area (Å²) in [6, 6.07) is 13.6. The molecular formula is C21H20N4O2S. The van der Waals surface area contributed by atoms with Gasteiger partial charge in [-0.15, -0.1) is 11.3 Å². The maximum atomic E-state index is 12.5. The second kappa shape index (κ2) is 7.87. The number of carbonyl (C=O) groups is 1. The molecule has 1 aromatic carbocycles. The smallest absolute Gasteiger partial charge is 0.254 e. The highest BCUT2D eigenvalue weighted by Crippen LogP contribution is 2.32. The minimum absolute atomic E-state index is 0.0500. The summed E-state index contributed by atoms with van der Waals surface area (Å²) in [5, 5.41) is 15.9. The van der Waals surface area contributed by atoms with Crippen LogP contribution in [-0.4, -0.2) is 24.0 Å². The van der Waals surface area contributed by atoms with E-state index in [9.17, 15) is 14.9 Å². The van der Waals surface area contributed by atoms with Crippen LogP contribution in [0.1, 0.15) is 18.4 Å². The summed E-state index contributed by atoms with van der Waals surface area (Å²) in [4.78, 5) is 30.1. The fourth-order valence-electron chi connectivity index (χ4n) is 3.81. The van der Waals surface area contributed by atoms with E-state index in [0.717, 1.165) is 21.6 Å². The number of pyridine rings is 1. The first kappa shape index (κ1) is 18.3. The number of thiophene rings is 1. The summed E-state index contributed by atoms with van der Waals surface area (Å²) in [5.74, 6) is 0.00106. The van der Waals surface area contributed by atoms with Gasteiger partial charge in [0.1, 0.15) is 0 Å². The number of hydrogen-bond acceptors (Lipinski definition) is 5. The molecular weight excluding hydrogens is 372 g/mol. The van der Waals surface area contributed by atoms with E-state index >= 15 is 0 Å². The van der Waals surface area contributed by atoms with E-state index < -0.39 is 0 Å². The quantitative estimate of drug-likeness (QED) is 0.711. The van der Waals surface area contributed by atoms with Gasteiger partial charge in [-0.2, -0.15) is 5.26 Å². The molecule has 7 heteroatoms. The molecule has 0 bridgehead atoms. The molecule has 1 aliphatic heterocycles. The van der Waals surface area contributed by atoms with Gasteiger partial charge >= 0.3 is 0 Å². The van der Waals surface area contributed by atoms with Crippen LogP contribution in [-0.2, 0) is 11.2 Å². The normalized spacial score (nSPS) is 14.8. The predicted molar refractivity (Wildman–Crippen MR) is 112 cm³/mol. The molecule has 0 atom stereocenters. The van der Waals surface area contributed by atoms with Gasteiger partial charge in [0, 0.05) is 24.4 Å². The van der Waals surface area contributed by atoms with Gasteiger partial charge in [0.25, 0.3) is 5.56 Å². The van der Waals surface area contributed by atoms with Crippen molar-refractivity contribution in [3.05, 3.63) is 57.7 Å². The predicted octanol–water partition coefficient (Wildman–Crippen LogP) is 3.51. The first-order valence-electron chi connectivity index (χ1n) is 9.27. The molecule has 0 radical (unpaired) electrons. The molecule has 28 heavy (non-hydrogen) atoms. The third-order valence-corrected chi connectivity index (χ3v) is 5.98. The maximum absolute atomic E-state index is 12.5. The summed E-state index contributed by atoms with van der Waals surface area (Å²) >= 11 is 1.51. The van der Waals surface area contributed by atoms with Crippen LogP contribution in [0, 0.1) is 17.2 Å². The number of anilines is 2. The van der Waals surface area contributed by atoms with Gasteiger partial charge in [-0.05, 0) is 36.4 Å². The standard InChI is InChI=1S/C21H20N4O2S/c22-10-7-16-19(15-4-1-2-5-17(15)23-21(16)27)25-11-8-14(9-12-25)20(26)24-18-6-3-13-28-18/h1-6,13-14H,7-9,11-12H2,(H,23,27)(H,24,26). The third kappa shape index (κ3) is 3.51. The minimum Gasteiger partial charge on any atom is -0.371 e. The SMILES string of the molecule is N#CCc1c(N2CCC(C(=O)Nc3cccs3)CC2)c2ccccc2[nH]c1=O. The Kier molecular flexibility index (Phi) is 5.13. The molecule has 0 unspecified atom stereocenters. The van der Waals surface area contributed by atoms with Gasteiger partial charge in [-0.25, -0.2) is 0 Å². The van der Waals surface area contributed by atoms with Crippen LogP contribution in [0.5, 0.6) is 0 Å². The molecule has 1 saturated heterocycles. The average Bonchev–Trinajstić information content (AvgIpc) is 3.22. The highest BCUT2D eigenvalue weighted by atomic mass is 32.1. The Balaban J connectivity index is 1.58. The Morgan fingerprint density at radius 2 is 2.04 bits per heavy atom. The summed E-state index contributed by atoms with van der Waals surface area (Å²) in [6.07, 6.45) is 1.49. The van der Waals surface area contributed by atoms with Crippen molar-refractivity contribution in [1.82, 2.24) is 4.98 Å². The summed E-state index contributed by atoms with van der Waals surface area (Å²) in [7, 11) is 0. The minimum atomic E-state index is -0.215. The zero-order chi connectivity index (χ0) is 19.5. The number of aromatic nitrogens is 1. The molecule has 2 aromatic heterocycles. The van der Waals surface area contributed by atoms with E-state index in [1.807, 2.05) is 41.8 Å². The highest BCUT2D eigenvalue weighted by molar-refractivity contribution is 7.14. The number of piperidine rings is 1. The zero-order valence-corrected chi connectivity index (χ0v) is 16.1. The summed E-state index contributed by atoms with van der Waals surface area (Å²) < 4.78 is 0. The average molecular weight is 392 g/mol. The largest absolute Gasteiger partial charge is 0.371 e. The lowest BCUT2D eigenvalue weighted by atomic mass is 9.94. The van der Waals surface area contributed by atoms with Crippen LogP contribution in [0.15, 0.2) is 46.6 Å². The number of para-hydroxylation sites is 1. The number of rotatable bonds is 4. The van der Waals surface area contributed by atoms with Gasteiger partial charge in [0.05, 0.1) is 34.3 Å². The van der Waals surface area contributed by atoms with Crippen molar-refractivity contribution >= 4 is 38.8 Å². The summed E-state index contributed by atoms with van der Waals surface area (Å²) in [6.45, 7) is 1.35. The van der Waals surface area contributed by atoms with Crippen LogP contribution in [0.4, 0.5) is 10.7 Å². The number of benzene rings is 1. The molecule has 1 fully saturated rings. The second-order valence-electron chi connectivity index (χ2n) is 6.89. The fraction of sp³-hybridized carbons (Fsp3) is 0.286. The molecule has 6 nitrogen and oxygen atoms in total. The van der Waals surface area contributed by atoms with Gasteiger partial charge in [0.15, 0.2) is 0 Å². The van der Waals surface area contributed by atoms with Gasteiger partial charge < -0.3 is 15.2 Å². The lowest BCUT2D eigenvalue weighted by Crippen LogP contribution is -2.39. The zero-order valence-electron chi connectivity index (χ0n) is 15.3. The van der Waals surface area contributed by atoms with Gasteiger partial charge in [0.2, 0.25) is 5.91 Å². The Hall–Kier alpha value is -3.11. The topological polar surface area (TPSA) is 89.0 Å². The Bertz CT molecular complexity index is 1090. The number of aromatic amines is 1. The molecule has 3 heterocycles. The number of nitrogens with one attached hydrogen (secondary N) is 2. The molecule has 0 saturated carbocycles. The lowest BCUT2D eigenvalue weighted by Gasteiger charge is -2.34. The molecule has 4 rings (SSSR count). The van der Waals surface area contributed by atoms with E-state index in [1.165, 1.54) is 11.3 Å². The molecule has 1 amide bonds. The molecule has 0 spiro atoms. The van der Waals surface area contributed by atoms with Crippen molar-refractivity contribution in [2.24, 2.45) is 5.92 Å². The molecule has 1 aliphatic rings. The number of fused-ring (bicyclic) bond motifs is 1. The number of nitriles is 1. The van der Waals surface area contributed by atoms with Gasteiger partial charge in [-0.1, -0.05) is 18.2 Å². The maximum Gasteiger partial charge on any atom is 0.254 e. The number of hydrogen-bond donors (Lipinski definition) is 2. The number of H-pyrrole nitrogens is 1. The van der Waals surface area contributed by atoms with Crippen LogP contribution in [0.2, 0.25) is 0 Å². The molecule has 2 N–H and O–H groups in total. The first-order valence-corrected chi connectivity index (χ1v) is 10.2. The summed E-state index contributed by atoms with van der Waals surface area (Å²) in [5.41, 5.74) is 1.88. The van der Waals surface area contributed by atoms with Gasteiger partial charge in [-0.3, -0.25) is 9.59 Å². The van der Waals surface area contributed by atoms with Crippen LogP contribution < -0.4 is 15.8 Å². The number of nitrogens with zero attached hydrogens (tertiary/aromatic N) is 2. The third-order valence-electron chi connectivity index (χ3n) is 5.20. The second-order valence-corrected chi connectivity index (χ2v) is 7.84. The monoisotopic (exact) mass is 392 g/mol. The van der Waals surface area contributed by atoms with Crippen molar-refractivity contribution in [3.8, 4) is 6.07 Å². The van der Waals surface area contributed by atoms with E-state index in [-0.39, 0.29) is 23.8 Å². The fourth-order valence-corrected chi connectivity index (χ4v) is 4.43.